The quantitative estimate of drug-likeness (QED) is 0.693. The molecule has 3 rings (SSSR count). The predicted octanol–water partition coefficient (Wildman–Crippen LogP) is 3.57. The number of nitrogens with one attached hydrogen (secondary N) is 1. The molecule has 2 aromatic rings. The summed E-state index contributed by atoms with van der Waals surface area (Å²) in [5, 5.41) is 13.7. The Bertz CT molecular complexity index is 771. The van der Waals surface area contributed by atoms with Crippen LogP contribution in [0.25, 0.3) is 0 Å². The standard InChI is InChI=1S/C18H18N2O3/c1-12(14-9-8-13-4-2-5-15(13)10-14)19-18(21)16-6-3-7-17(11-16)20(22)23/h3,6-12H,2,4-5H2,1H3,(H,19,21)/t12-/m1/s1. The molecule has 0 spiro atoms. The van der Waals surface area contributed by atoms with Gasteiger partial charge < -0.3 is 5.32 Å². The van der Waals surface area contributed by atoms with Gasteiger partial charge >= 0.3 is 0 Å². The third-order valence-corrected chi connectivity index (χ3v) is 4.29. The predicted molar refractivity (Wildman–Crippen MR) is 87.4 cm³/mol. The normalized spacial score (nSPS) is 14.1. The maximum Gasteiger partial charge on any atom is 0.270 e. The Hall–Kier alpha value is -2.69. The Morgan fingerprint density at radius 1 is 1.17 bits per heavy atom. The van der Waals surface area contributed by atoms with Crippen molar-refractivity contribution in [3.05, 3.63) is 74.8 Å². The van der Waals surface area contributed by atoms with Crippen LogP contribution in [0.5, 0.6) is 0 Å². The zero-order chi connectivity index (χ0) is 16.4. The minimum absolute atomic E-state index is 0.0807. The largest absolute Gasteiger partial charge is 0.346 e. The summed E-state index contributed by atoms with van der Waals surface area (Å²) in [6, 6.07) is 12.0. The molecule has 1 aliphatic carbocycles. The van der Waals surface area contributed by atoms with E-state index in [9.17, 15) is 14.9 Å². The van der Waals surface area contributed by atoms with E-state index < -0.39 is 4.92 Å². The molecule has 5 heteroatoms. The number of carbonyl (C=O) groups is 1. The number of amides is 1. The summed E-state index contributed by atoms with van der Waals surface area (Å²) in [7, 11) is 0. The summed E-state index contributed by atoms with van der Waals surface area (Å²) in [4.78, 5) is 22.6. The van der Waals surface area contributed by atoms with Crippen molar-refractivity contribution in [2.24, 2.45) is 0 Å². The molecule has 0 heterocycles. The van der Waals surface area contributed by atoms with E-state index in [0.717, 1.165) is 18.4 Å². The Morgan fingerprint density at radius 2 is 1.96 bits per heavy atom. The monoisotopic (exact) mass is 310 g/mol. The maximum absolute atomic E-state index is 12.3. The SMILES string of the molecule is C[C@@H](NC(=O)c1cccc([N+](=O)[O-])c1)c1ccc2c(c1)CCC2. The first-order valence-electron chi connectivity index (χ1n) is 7.71. The molecule has 118 valence electrons. The highest BCUT2D eigenvalue weighted by Gasteiger charge is 2.17. The van der Waals surface area contributed by atoms with Gasteiger partial charge in [-0.3, -0.25) is 14.9 Å². The minimum Gasteiger partial charge on any atom is -0.346 e. The molecule has 1 N–H and O–H groups in total. The van der Waals surface area contributed by atoms with Crippen molar-refractivity contribution in [1.29, 1.82) is 0 Å². The fourth-order valence-corrected chi connectivity index (χ4v) is 2.99. The number of fused-ring (bicyclic) bond motifs is 1. The number of nitro benzene ring substituents is 1. The molecule has 5 nitrogen and oxygen atoms in total. The van der Waals surface area contributed by atoms with Gasteiger partial charge in [0.15, 0.2) is 0 Å². The van der Waals surface area contributed by atoms with E-state index in [2.05, 4.69) is 17.4 Å². The lowest BCUT2D eigenvalue weighted by Crippen LogP contribution is -2.26. The average Bonchev–Trinajstić information content (AvgIpc) is 3.02. The number of hydrogen-bond donors (Lipinski definition) is 1. The second-order valence-corrected chi connectivity index (χ2v) is 5.88. The lowest BCUT2D eigenvalue weighted by Gasteiger charge is -2.15. The zero-order valence-corrected chi connectivity index (χ0v) is 12.9. The first-order valence-corrected chi connectivity index (χ1v) is 7.71. The number of benzene rings is 2. The molecular formula is C18H18N2O3. The Balaban J connectivity index is 1.74. The van der Waals surface area contributed by atoms with Gasteiger partial charge in [-0.25, -0.2) is 0 Å². The van der Waals surface area contributed by atoms with Crippen molar-refractivity contribution in [2.75, 3.05) is 0 Å². The van der Waals surface area contributed by atoms with E-state index in [1.165, 1.54) is 35.7 Å². The van der Waals surface area contributed by atoms with Crippen molar-refractivity contribution >= 4 is 11.6 Å². The molecule has 0 saturated carbocycles. The van der Waals surface area contributed by atoms with Crippen molar-refractivity contribution in [2.45, 2.75) is 32.2 Å². The van der Waals surface area contributed by atoms with E-state index in [0.29, 0.717) is 5.56 Å². The van der Waals surface area contributed by atoms with E-state index in [1.54, 1.807) is 6.07 Å². The molecule has 0 bridgehead atoms. The molecule has 1 amide bonds. The fourth-order valence-electron chi connectivity index (χ4n) is 2.99. The molecule has 0 aromatic heterocycles. The number of rotatable bonds is 4. The van der Waals surface area contributed by atoms with Gasteiger partial charge in [0, 0.05) is 17.7 Å². The Morgan fingerprint density at radius 3 is 2.74 bits per heavy atom. The number of carbonyl (C=O) groups excluding carboxylic acids is 1. The van der Waals surface area contributed by atoms with Gasteiger partial charge in [0.2, 0.25) is 0 Å². The van der Waals surface area contributed by atoms with Crippen LogP contribution < -0.4 is 5.32 Å². The van der Waals surface area contributed by atoms with Crippen molar-refractivity contribution in [3.8, 4) is 0 Å². The van der Waals surface area contributed by atoms with Gasteiger partial charge in [0.25, 0.3) is 11.6 Å². The summed E-state index contributed by atoms with van der Waals surface area (Å²) in [6.07, 6.45) is 3.41. The number of non-ortho nitro benzene ring substituents is 1. The van der Waals surface area contributed by atoms with E-state index in [4.69, 9.17) is 0 Å². The van der Waals surface area contributed by atoms with Crippen molar-refractivity contribution < 1.29 is 9.72 Å². The summed E-state index contributed by atoms with van der Waals surface area (Å²) in [5.74, 6) is -0.304. The number of nitro groups is 1. The van der Waals surface area contributed by atoms with Crippen LogP contribution in [-0.2, 0) is 12.8 Å². The van der Waals surface area contributed by atoms with Gasteiger partial charge in [-0.2, -0.15) is 0 Å². The van der Waals surface area contributed by atoms with Crippen molar-refractivity contribution in [1.82, 2.24) is 5.32 Å². The summed E-state index contributed by atoms with van der Waals surface area (Å²) >= 11 is 0. The molecule has 0 unspecified atom stereocenters. The average molecular weight is 310 g/mol. The van der Waals surface area contributed by atoms with Crippen LogP contribution in [0.1, 0.15) is 46.4 Å². The summed E-state index contributed by atoms with van der Waals surface area (Å²) < 4.78 is 0. The van der Waals surface area contributed by atoms with Crippen molar-refractivity contribution in [3.63, 3.8) is 0 Å². The van der Waals surface area contributed by atoms with Crippen LogP contribution in [0.3, 0.4) is 0 Å². The molecule has 1 aliphatic rings. The minimum atomic E-state index is -0.499. The highest BCUT2D eigenvalue weighted by molar-refractivity contribution is 5.95. The van der Waals surface area contributed by atoms with E-state index in [1.807, 2.05) is 13.0 Å². The number of aryl methyl sites for hydroxylation is 2. The molecule has 2 aromatic carbocycles. The first-order chi connectivity index (χ1) is 11.0. The number of nitrogens with zero attached hydrogens (tertiary/aromatic N) is 1. The van der Waals surface area contributed by atoms with Crippen LogP contribution in [0.2, 0.25) is 0 Å². The maximum atomic E-state index is 12.3. The lowest BCUT2D eigenvalue weighted by atomic mass is 10.0. The Labute approximate surface area is 134 Å². The zero-order valence-electron chi connectivity index (χ0n) is 12.9. The molecule has 23 heavy (non-hydrogen) atoms. The topological polar surface area (TPSA) is 72.2 Å². The number of hydrogen-bond acceptors (Lipinski definition) is 3. The van der Waals surface area contributed by atoms with Gasteiger partial charge in [0.05, 0.1) is 11.0 Å². The van der Waals surface area contributed by atoms with Crippen LogP contribution in [0, 0.1) is 10.1 Å². The second kappa shape index (κ2) is 6.20. The highest BCUT2D eigenvalue weighted by Crippen LogP contribution is 2.25. The van der Waals surface area contributed by atoms with Crippen LogP contribution in [0.15, 0.2) is 42.5 Å². The van der Waals surface area contributed by atoms with Gasteiger partial charge in [-0.15, -0.1) is 0 Å². The molecule has 0 aliphatic heterocycles. The highest BCUT2D eigenvalue weighted by atomic mass is 16.6. The molecule has 0 fully saturated rings. The van der Waals surface area contributed by atoms with Crippen LogP contribution in [0.4, 0.5) is 5.69 Å². The van der Waals surface area contributed by atoms with Gasteiger partial charge in [-0.1, -0.05) is 24.3 Å². The third kappa shape index (κ3) is 3.23. The fraction of sp³-hybridized carbons (Fsp3) is 0.278. The summed E-state index contributed by atoms with van der Waals surface area (Å²) in [5.41, 5.74) is 4.03. The van der Waals surface area contributed by atoms with E-state index >= 15 is 0 Å². The first kappa shape index (κ1) is 15.2. The molecular weight excluding hydrogens is 292 g/mol. The summed E-state index contributed by atoms with van der Waals surface area (Å²) in [6.45, 7) is 1.92. The smallest absolute Gasteiger partial charge is 0.270 e. The lowest BCUT2D eigenvalue weighted by molar-refractivity contribution is -0.384. The van der Waals surface area contributed by atoms with Crippen LogP contribution >= 0.6 is 0 Å². The van der Waals surface area contributed by atoms with Gasteiger partial charge in [-0.05, 0) is 48.9 Å². The third-order valence-electron chi connectivity index (χ3n) is 4.29. The molecule has 0 radical (unpaired) electrons. The Kier molecular flexibility index (Phi) is 4.10. The van der Waals surface area contributed by atoms with Crippen LogP contribution in [-0.4, -0.2) is 10.8 Å². The van der Waals surface area contributed by atoms with Gasteiger partial charge in [0.1, 0.15) is 0 Å². The second-order valence-electron chi connectivity index (χ2n) is 5.88. The van der Waals surface area contributed by atoms with E-state index in [-0.39, 0.29) is 17.6 Å². The molecule has 0 saturated heterocycles. The molecule has 1 atom stereocenters.